The Hall–Kier alpha value is -2.71. The van der Waals surface area contributed by atoms with Crippen LogP contribution < -0.4 is 0 Å². The number of rotatable bonds is 4. The summed E-state index contributed by atoms with van der Waals surface area (Å²) >= 11 is 0. The van der Waals surface area contributed by atoms with Gasteiger partial charge in [0.15, 0.2) is 5.65 Å². The van der Waals surface area contributed by atoms with E-state index in [-0.39, 0.29) is 11.5 Å². The van der Waals surface area contributed by atoms with Crippen molar-refractivity contribution in [1.82, 2.24) is 18.5 Å². The van der Waals surface area contributed by atoms with Gasteiger partial charge in [-0.3, -0.25) is 0 Å². The molecule has 1 N–H and O–H groups in total. The van der Waals surface area contributed by atoms with Crippen LogP contribution in [0.15, 0.2) is 60.0 Å². The van der Waals surface area contributed by atoms with Crippen LogP contribution in [0.5, 0.6) is 0 Å². The SMILES string of the molecule is O=S(=O)(c1ccccc1)n1ccc2c3c(cnc21)ncn3C1CCC(CO)CC1. The van der Waals surface area contributed by atoms with Crippen LogP contribution in [0.25, 0.3) is 22.1 Å². The van der Waals surface area contributed by atoms with Crippen LogP contribution in [0, 0.1) is 5.92 Å². The Morgan fingerprint density at radius 1 is 1.03 bits per heavy atom. The van der Waals surface area contributed by atoms with E-state index in [0.29, 0.717) is 17.6 Å². The van der Waals surface area contributed by atoms with Gasteiger partial charge < -0.3 is 9.67 Å². The molecule has 0 aliphatic heterocycles. The lowest BCUT2D eigenvalue weighted by molar-refractivity contribution is 0.170. The second kappa shape index (κ2) is 6.96. The van der Waals surface area contributed by atoms with Crippen LogP contribution in [0.2, 0.25) is 0 Å². The van der Waals surface area contributed by atoms with Gasteiger partial charge in [-0.2, -0.15) is 0 Å². The number of benzene rings is 1. The Kier molecular flexibility index (Phi) is 4.40. The summed E-state index contributed by atoms with van der Waals surface area (Å²) in [5, 5.41) is 10.2. The van der Waals surface area contributed by atoms with Gasteiger partial charge in [-0.15, -0.1) is 0 Å². The van der Waals surface area contributed by atoms with Crippen LogP contribution in [0.1, 0.15) is 31.7 Å². The number of imidazole rings is 1. The lowest BCUT2D eigenvalue weighted by atomic mass is 9.86. The fourth-order valence-corrected chi connectivity index (χ4v) is 5.69. The van der Waals surface area contributed by atoms with Crippen LogP contribution in [-0.4, -0.2) is 38.6 Å². The molecule has 3 heterocycles. The number of hydrogen-bond donors (Lipinski definition) is 1. The molecule has 1 aliphatic carbocycles. The minimum atomic E-state index is -3.73. The minimum Gasteiger partial charge on any atom is -0.396 e. The monoisotopic (exact) mass is 410 g/mol. The third-order valence-corrected chi connectivity index (χ3v) is 7.66. The smallest absolute Gasteiger partial charge is 0.269 e. The quantitative estimate of drug-likeness (QED) is 0.557. The molecule has 1 fully saturated rings. The topological polar surface area (TPSA) is 90.0 Å². The fraction of sp³-hybridized carbons (Fsp3) is 0.333. The molecule has 3 aromatic heterocycles. The number of pyridine rings is 1. The maximum absolute atomic E-state index is 13.1. The molecule has 5 rings (SSSR count). The van der Waals surface area contributed by atoms with E-state index in [1.165, 1.54) is 3.97 Å². The van der Waals surface area contributed by atoms with Gasteiger partial charge in [-0.05, 0) is 49.8 Å². The molecule has 0 atom stereocenters. The standard InChI is InChI=1S/C21H22N4O3S/c26-13-15-6-8-16(9-7-15)24-14-23-19-12-22-21-18(20(19)24)10-11-25(21)29(27,28)17-4-2-1-3-5-17/h1-5,10-12,14-16,26H,6-9,13H2. The van der Waals surface area contributed by atoms with Crippen molar-refractivity contribution in [1.29, 1.82) is 0 Å². The lowest BCUT2D eigenvalue weighted by Crippen LogP contribution is -2.19. The first kappa shape index (κ1) is 18.3. The van der Waals surface area contributed by atoms with Crippen molar-refractivity contribution in [2.24, 2.45) is 5.92 Å². The van der Waals surface area contributed by atoms with Crippen LogP contribution in [0.4, 0.5) is 0 Å². The average molecular weight is 410 g/mol. The van der Waals surface area contributed by atoms with Gasteiger partial charge in [0.25, 0.3) is 10.0 Å². The van der Waals surface area contributed by atoms with E-state index in [1.54, 1.807) is 42.7 Å². The summed E-state index contributed by atoms with van der Waals surface area (Å²) < 4.78 is 29.6. The Bertz CT molecular complexity index is 1270. The van der Waals surface area contributed by atoms with Gasteiger partial charge in [0.2, 0.25) is 0 Å². The highest BCUT2D eigenvalue weighted by Crippen LogP contribution is 2.36. The van der Waals surface area contributed by atoms with E-state index in [0.717, 1.165) is 42.1 Å². The summed E-state index contributed by atoms with van der Waals surface area (Å²) in [5.74, 6) is 0.375. The molecular weight excluding hydrogens is 388 g/mol. The molecule has 29 heavy (non-hydrogen) atoms. The molecule has 1 saturated carbocycles. The third kappa shape index (κ3) is 2.94. The number of aliphatic hydroxyl groups excluding tert-OH is 1. The van der Waals surface area contributed by atoms with Crippen molar-refractivity contribution in [2.45, 2.75) is 36.6 Å². The van der Waals surface area contributed by atoms with Crippen LogP contribution in [0.3, 0.4) is 0 Å². The second-order valence-electron chi connectivity index (χ2n) is 7.67. The predicted molar refractivity (Wildman–Crippen MR) is 110 cm³/mol. The zero-order valence-electron chi connectivity index (χ0n) is 15.8. The first-order chi connectivity index (χ1) is 14.1. The zero-order chi connectivity index (χ0) is 20.0. The van der Waals surface area contributed by atoms with E-state index < -0.39 is 10.0 Å². The highest BCUT2D eigenvalue weighted by atomic mass is 32.2. The summed E-state index contributed by atoms with van der Waals surface area (Å²) in [5.41, 5.74) is 2.09. The number of aromatic nitrogens is 4. The Balaban J connectivity index is 1.63. The molecule has 7 nitrogen and oxygen atoms in total. The van der Waals surface area contributed by atoms with Crippen molar-refractivity contribution in [3.8, 4) is 0 Å². The third-order valence-electron chi connectivity index (χ3n) is 5.98. The molecule has 150 valence electrons. The Morgan fingerprint density at radius 3 is 2.52 bits per heavy atom. The van der Waals surface area contributed by atoms with Gasteiger partial charge in [-0.25, -0.2) is 22.4 Å². The van der Waals surface area contributed by atoms with E-state index in [1.807, 2.05) is 12.4 Å². The van der Waals surface area contributed by atoms with Gasteiger partial charge in [-0.1, -0.05) is 18.2 Å². The maximum atomic E-state index is 13.1. The van der Waals surface area contributed by atoms with E-state index in [4.69, 9.17) is 0 Å². The molecule has 1 aliphatic rings. The summed E-state index contributed by atoms with van der Waals surface area (Å²) in [6.07, 6.45) is 8.96. The number of aliphatic hydroxyl groups is 1. The zero-order valence-corrected chi connectivity index (χ0v) is 16.7. The lowest BCUT2D eigenvalue weighted by Gasteiger charge is -2.28. The molecule has 8 heteroatoms. The summed E-state index contributed by atoms with van der Waals surface area (Å²) in [6, 6.07) is 10.5. The Labute approximate surface area is 168 Å². The molecule has 0 radical (unpaired) electrons. The molecular formula is C21H22N4O3S. The highest BCUT2D eigenvalue weighted by molar-refractivity contribution is 7.90. The molecule has 0 spiro atoms. The summed E-state index contributed by atoms with van der Waals surface area (Å²) in [7, 11) is -3.73. The van der Waals surface area contributed by atoms with Crippen molar-refractivity contribution < 1.29 is 13.5 Å². The molecule has 0 saturated heterocycles. The molecule has 0 amide bonds. The first-order valence-corrected chi connectivity index (χ1v) is 11.3. The fourth-order valence-electron chi connectivity index (χ4n) is 4.37. The van der Waals surface area contributed by atoms with Gasteiger partial charge in [0.1, 0.15) is 5.52 Å². The molecule has 4 aromatic rings. The van der Waals surface area contributed by atoms with Crippen molar-refractivity contribution in [2.75, 3.05) is 6.61 Å². The number of hydrogen-bond acceptors (Lipinski definition) is 5. The predicted octanol–water partition coefficient (Wildman–Crippen LogP) is 3.35. The van der Waals surface area contributed by atoms with Crippen LogP contribution in [-0.2, 0) is 10.0 Å². The molecule has 0 unspecified atom stereocenters. The van der Waals surface area contributed by atoms with Crippen molar-refractivity contribution in [3.63, 3.8) is 0 Å². The number of nitrogens with zero attached hydrogens (tertiary/aromatic N) is 4. The van der Waals surface area contributed by atoms with E-state index >= 15 is 0 Å². The minimum absolute atomic E-state index is 0.232. The van der Waals surface area contributed by atoms with Gasteiger partial charge in [0.05, 0.1) is 22.9 Å². The van der Waals surface area contributed by atoms with Gasteiger partial charge >= 0.3 is 0 Å². The van der Waals surface area contributed by atoms with E-state index in [9.17, 15) is 13.5 Å². The van der Waals surface area contributed by atoms with Crippen molar-refractivity contribution >= 4 is 32.1 Å². The van der Waals surface area contributed by atoms with Gasteiger partial charge in [0, 0.05) is 24.2 Å². The largest absolute Gasteiger partial charge is 0.396 e. The normalized spacial score (nSPS) is 20.4. The highest BCUT2D eigenvalue weighted by Gasteiger charge is 2.25. The summed E-state index contributed by atoms with van der Waals surface area (Å²) in [4.78, 5) is 9.16. The average Bonchev–Trinajstić information content (AvgIpc) is 3.38. The maximum Gasteiger partial charge on any atom is 0.269 e. The summed E-state index contributed by atoms with van der Waals surface area (Å²) in [6.45, 7) is 0.242. The van der Waals surface area contributed by atoms with Crippen LogP contribution >= 0.6 is 0 Å². The first-order valence-electron chi connectivity index (χ1n) is 9.83. The van der Waals surface area contributed by atoms with Crippen molar-refractivity contribution in [3.05, 3.63) is 55.1 Å². The number of fused-ring (bicyclic) bond motifs is 3. The molecule has 0 bridgehead atoms. The van der Waals surface area contributed by atoms with E-state index in [2.05, 4.69) is 14.5 Å². The molecule has 1 aromatic carbocycles. The second-order valence-corrected chi connectivity index (χ2v) is 9.48. The Morgan fingerprint density at radius 2 is 1.79 bits per heavy atom.